The zero-order chi connectivity index (χ0) is 14.8. The number of phenolic OH excluding ortho intramolecular Hbond substituents is 1. The van der Waals surface area contributed by atoms with Crippen LogP contribution in [0.3, 0.4) is 0 Å². The van der Waals surface area contributed by atoms with Gasteiger partial charge in [-0.3, -0.25) is 0 Å². The Labute approximate surface area is 124 Å². The molecule has 0 spiro atoms. The average molecular weight is 282 g/mol. The summed E-state index contributed by atoms with van der Waals surface area (Å²) in [6, 6.07) is 20.7. The van der Waals surface area contributed by atoms with Crippen molar-refractivity contribution in [3.05, 3.63) is 77.8 Å². The Morgan fingerprint density at radius 1 is 0.750 bits per heavy atom. The SMILES string of the molecule is [2H]c1cccc(-c2ccccc2-c2ccc(Cl)cc2)c1O. The number of benzene rings is 3. The summed E-state index contributed by atoms with van der Waals surface area (Å²) in [5, 5.41) is 10.8. The Hall–Kier alpha value is -2.25. The molecule has 0 aromatic heterocycles. The maximum absolute atomic E-state index is 10.2. The molecule has 0 fully saturated rings. The van der Waals surface area contributed by atoms with Gasteiger partial charge in [-0.1, -0.05) is 66.2 Å². The van der Waals surface area contributed by atoms with Crippen LogP contribution in [0.4, 0.5) is 0 Å². The molecule has 0 saturated heterocycles. The quantitative estimate of drug-likeness (QED) is 0.668. The molecule has 3 rings (SSSR count). The van der Waals surface area contributed by atoms with Crippen molar-refractivity contribution in [3.8, 4) is 28.0 Å². The zero-order valence-electron chi connectivity index (χ0n) is 11.7. The van der Waals surface area contributed by atoms with Gasteiger partial charge >= 0.3 is 0 Å². The highest BCUT2D eigenvalue weighted by Crippen LogP contribution is 2.36. The molecule has 3 aromatic carbocycles. The highest BCUT2D eigenvalue weighted by molar-refractivity contribution is 6.30. The first-order valence-corrected chi connectivity index (χ1v) is 6.68. The van der Waals surface area contributed by atoms with E-state index in [4.69, 9.17) is 13.0 Å². The summed E-state index contributed by atoms with van der Waals surface area (Å²) in [4.78, 5) is 0. The van der Waals surface area contributed by atoms with Crippen molar-refractivity contribution >= 4 is 11.6 Å². The van der Waals surface area contributed by atoms with Crippen molar-refractivity contribution in [2.24, 2.45) is 0 Å². The fourth-order valence-corrected chi connectivity index (χ4v) is 2.37. The number of hydrogen-bond donors (Lipinski definition) is 1. The standard InChI is InChI=1S/C18H13ClO/c19-14-11-9-13(10-12-14)15-5-1-2-6-16(15)17-7-3-4-8-18(17)20/h1-12,20H/i8D. The molecule has 0 amide bonds. The third-order valence-corrected chi connectivity index (χ3v) is 3.46. The second-order valence-corrected chi connectivity index (χ2v) is 4.92. The number of phenols is 1. The van der Waals surface area contributed by atoms with Crippen LogP contribution >= 0.6 is 11.6 Å². The van der Waals surface area contributed by atoms with E-state index in [-0.39, 0.29) is 11.8 Å². The summed E-state index contributed by atoms with van der Waals surface area (Å²) in [7, 11) is 0. The summed E-state index contributed by atoms with van der Waals surface area (Å²) in [5.74, 6) is -0.00101. The Morgan fingerprint density at radius 2 is 1.35 bits per heavy atom. The number of halogens is 1. The van der Waals surface area contributed by atoms with Gasteiger partial charge in [-0.05, 0) is 34.9 Å². The number of rotatable bonds is 2. The molecule has 0 unspecified atom stereocenters. The number of para-hydroxylation sites is 1. The van der Waals surface area contributed by atoms with Gasteiger partial charge in [0.05, 0.1) is 1.37 Å². The van der Waals surface area contributed by atoms with Gasteiger partial charge in [0.1, 0.15) is 5.75 Å². The molecule has 98 valence electrons. The highest BCUT2D eigenvalue weighted by atomic mass is 35.5. The van der Waals surface area contributed by atoms with Crippen LogP contribution in [0, 0.1) is 0 Å². The van der Waals surface area contributed by atoms with E-state index in [2.05, 4.69) is 0 Å². The second kappa shape index (κ2) is 5.40. The van der Waals surface area contributed by atoms with Gasteiger partial charge in [-0.2, -0.15) is 0 Å². The average Bonchev–Trinajstić information content (AvgIpc) is 2.51. The molecule has 1 N–H and O–H groups in total. The Balaban J connectivity index is 2.21. The Kier molecular flexibility index (Phi) is 3.12. The lowest BCUT2D eigenvalue weighted by Crippen LogP contribution is -1.85. The van der Waals surface area contributed by atoms with Crippen LogP contribution in [0.25, 0.3) is 22.3 Å². The van der Waals surface area contributed by atoms with E-state index < -0.39 is 0 Å². The first-order valence-electron chi connectivity index (χ1n) is 6.81. The minimum atomic E-state index is -0.00101. The number of hydrogen-bond acceptors (Lipinski definition) is 1. The molecule has 20 heavy (non-hydrogen) atoms. The van der Waals surface area contributed by atoms with Crippen LogP contribution in [-0.4, -0.2) is 5.11 Å². The van der Waals surface area contributed by atoms with Gasteiger partial charge in [0.15, 0.2) is 0 Å². The lowest BCUT2D eigenvalue weighted by molar-refractivity contribution is 0.477. The van der Waals surface area contributed by atoms with Gasteiger partial charge in [0.2, 0.25) is 0 Å². The highest BCUT2D eigenvalue weighted by Gasteiger charge is 2.09. The van der Waals surface area contributed by atoms with Crippen LogP contribution in [-0.2, 0) is 0 Å². The molecule has 1 nitrogen and oxygen atoms in total. The monoisotopic (exact) mass is 281 g/mol. The second-order valence-electron chi connectivity index (χ2n) is 4.48. The Bertz CT molecular complexity index is 781. The van der Waals surface area contributed by atoms with Crippen molar-refractivity contribution in [2.45, 2.75) is 0 Å². The molecule has 0 heterocycles. The first kappa shape index (κ1) is 11.6. The lowest BCUT2D eigenvalue weighted by Gasteiger charge is -2.11. The van der Waals surface area contributed by atoms with Crippen molar-refractivity contribution in [1.82, 2.24) is 0 Å². The van der Waals surface area contributed by atoms with Crippen LogP contribution in [0.1, 0.15) is 1.37 Å². The molecule has 0 bridgehead atoms. The minimum absolute atomic E-state index is 0.00101. The van der Waals surface area contributed by atoms with Crippen LogP contribution < -0.4 is 0 Å². The normalized spacial score (nSPS) is 11.2. The summed E-state index contributed by atoms with van der Waals surface area (Å²) in [5.41, 5.74) is 3.57. The molecular formula is C18H13ClO. The van der Waals surface area contributed by atoms with Gasteiger partial charge in [0, 0.05) is 10.6 Å². The van der Waals surface area contributed by atoms with Crippen LogP contribution in [0.15, 0.2) is 72.8 Å². The predicted molar refractivity (Wildman–Crippen MR) is 84.0 cm³/mol. The van der Waals surface area contributed by atoms with Crippen LogP contribution in [0.2, 0.25) is 5.02 Å². The molecule has 0 aliphatic heterocycles. The third-order valence-electron chi connectivity index (χ3n) is 3.21. The fourth-order valence-electron chi connectivity index (χ4n) is 2.24. The molecule has 0 aliphatic carbocycles. The smallest absolute Gasteiger partial charge is 0.123 e. The maximum Gasteiger partial charge on any atom is 0.123 e. The summed E-state index contributed by atoms with van der Waals surface area (Å²) < 4.78 is 7.75. The predicted octanol–water partition coefficient (Wildman–Crippen LogP) is 5.38. The minimum Gasteiger partial charge on any atom is -0.507 e. The van der Waals surface area contributed by atoms with Crippen molar-refractivity contribution in [2.75, 3.05) is 0 Å². The van der Waals surface area contributed by atoms with E-state index >= 15 is 0 Å². The summed E-state index contributed by atoms with van der Waals surface area (Å²) in [6.45, 7) is 0. The van der Waals surface area contributed by atoms with Gasteiger partial charge in [-0.15, -0.1) is 0 Å². The lowest BCUT2D eigenvalue weighted by atomic mass is 9.94. The van der Waals surface area contributed by atoms with E-state index in [0.29, 0.717) is 10.6 Å². The Morgan fingerprint density at radius 3 is 2.10 bits per heavy atom. The molecule has 0 atom stereocenters. The van der Waals surface area contributed by atoms with E-state index in [9.17, 15) is 5.11 Å². The third kappa shape index (κ3) is 2.40. The van der Waals surface area contributed by atoms with E-state index in [1.807, 2.05) is 54.6 Å². The molecule has 2 heteroatoms. The molecule has 0 saturated carbocycles. The molecule has 3 aromatic rings. The fraction of sp³-hybridized carbons (Fsp3) is 0. The van der Waals surface area contributed by atoms with E-state index in [1.165, 1.54) is 0 Å². The van der Waals surface area contributed by atoms with Crippen molar-refractivity contribution < 1.29 is 6.48 Å². The zero-order valence-corrected chi connectivity index (χ0v) is 11.4. The van der Waals surface area contributed by atoms with E-state index in [0.717, 1.165) is 16.7 Å². The molecular weight excluding hydrogens is 268 g/mol. The molecule has 0 radical (unpaired) electrons. The topological polar surface area (TPSA) is 20.2 Å². The van der Waals surface area contributed by atoms with Gasteiger partial charge < -0.3 is 5.11 Å². The first-order chi connectivity index (χ1) is 10.2. The maximum atomic E-state index is 10.2. The van der Waals surface area contributed by atoms with Gasteiger partial charge in [0.25, 0.3) is 0 Å². The van der Waals surface area contributed by atoms with Crippen molar-refractivity contribution in [3.63, 3.8) is 0 Å². The summed E-state index contributed by atoms with van der Waals surface area (Å²) >= 11 is 5.94. The molecule has 0 aliphatic rings. The van der Waals surface area contributed by atoms with Gasteiger partial charge in [-0.25, -0.2) is 0 Å². The van der Waals surface area contributed by atoms with Crippen molar-refractivity contribution in [1.29, 1.82) is 0 Å². The van der Waals surface area contributed by atoms with Crippen LogP contribution in [0.5, 0.6) is 5.75 Å². The summed E-state index contributed by atoms with van der Waals surface area (Å²) in [6.07, 6.45) is 0. The number of aromatic hydroxyl groups is 1. The largest absolute Gasteiger partial charge is 0.507 e. The van der Waals surface area contributed by atoms with E-state index in [1.54, 1.807) is 12.1 Å².